The van der Waals surface area contributed by atoms with Gasteiger partial charge in [0.2, 0.25) is 5.92 Å². The van der Waals surface area contributed by atoms with Gasteiger partial charge in [-0.2, -0.15) is 0 Å². The smallest absolute Gasteiger partial charge is 0.248 e. The number of hydrogen-bond acceptors (Lipinski definition) is 2. The summed E-state index contributed by atoms with van der Waals surface area (Å²) >= 11 is 0. The lowest BCUT2D eigenvalue weighted by molar-refractivity contribution is -0.0543. The predicted octanol–water partition coefficient (Wildman–Crippen LogP) is 3.61. The molecule has 0 amide bonds. The largest absolute Gasteiger partial charge is 0.324 e. The molecule has 100 valence electrons. The number of hydrogen-bond donors (Lipinski definition) is 1. The van der Waals surface area contributed by atoms with Crippen LogP contribution in [0.3, 0.4) is 0 Å². The van der Waals surface area contributed by atoms with Crippen LogP contribution in [0.25, 0.3) is 0 Å². The van der Waals surface area contributed by atoms with Gasteiger partial charge in [0, 0.05) is 30.8 Å². The van der Waals surface area contributed by atoms with Crippen LogP contribution in [0.15, 0.2) is 18.3 Å². The van der Waals surface area contributed by atoms with Crippen molar-refractivity contribution in [3.8, 4) is 0 Å². The Hall–Kier alpha value is -1.03. The number of nitrogens with two attached hydrogens (primary N) is 1. The summed E-state index contributed by atoms with van der Waals surface area (Å²) in [6.45, 7) is 1.91. The summed E-state index contributed by atoms with van der Waals surface area (Å²) in [5.41, 5.74) is 8.00. The molecule has 1 heterocycles. The molecule has 4 heteroatoms. The van der Waals surface area contributed by atoms with Crippen molar-refractivity contribution in [3.05, 3.63) is 29.6 Å². The molecule has 1 aromatic heterocycles. The lowest BCUT2D eigenvalue weighted by atomic mass is 9.81. The Balaban J connectivity index is 1.99. The second-order valence-electron chi connectivity index (χ2n) is 5.34. The highest BCUT2D eigenvalue weighted by molar-refractivity contribution is 5.22. The molecule has 1 fully saturated rings. The number of halogens is 2. The zero-order chi connectivity index (χ0) is 13.2. The first-order valence-electron chi connectivity index (χ1n) is 6.53. The third-order valence-corrected chi connectivity index (χ3v) is 3.78. The Morgan fingerprint density at radius 2 is 2.33 bits per heavy atom. The molecule has 2 rings (SSSR count). The Morgan fingerprint density at radius 1 is 1.56 bits per heavy atom. The highest BCUT2D eigenvalue weighted by Crippen LogP contribution is 2.39. The molecule has 1 aromatic rings. The van der Waals surface area contributed by atoms with E-state index < -0.39 is 5.92 Å². The molecule has 2 unspecified atom stereocenters. The van der Waals surface area contributed by atoms with Crippen molar-refractivity contribution in [2.45, 2.75) is 51.0 Å². The maximum atomic E-state index is 13.3. The third-order valence-electron chi connectivity index (χ3n) is 3.78. The van der Waals surface area contributed by atoms with E-state index in [1.54, 1.807) is 6.20 Å². The molecular formula is C14H20F2N2. The van der Waals surface area contributed by atoms with E-state index in [-0.39, 0.29) is 24.8 Å². The quantitative estimate of drug-likeness (QED) is 0.895. The Kier molecular flexibility index (Phi) is 3.95. The molecule has 2 nitrogen and oxygen atoms in total. The number of nitrogens with zero attached hydrogens (tertiary/aromatic N) is 1. The van der Waals surface area contributed by atoms with Crippen molar-refractivity contribution >= 4 is 0 Å². The molecule has 2 N–H and O–H groups in total. The van der Waals surface area contributed by atoms with E-state index in [1.807, 2.05) is 19.1 Å². The summed E-state index contributed by atoms with van der Waals surface area (Å²) in [7, 11) is 0. The van der Waals surface area contributed by atoms with Crippen molar-refractivity contribution in [1.29, 1.82) is 0 Å². The molecular weight excluding hydrogens is 234 g/mol. The van der Waals surface area contributed by atoms with Crippen LogP contribution in [-0.2, 0) is 0 Å². The fraction of sp³-hybridized carbons (Fsp3) is 0.643. The maximum absolute atomic E-state index is 13.3. The number of rotatable bonds is 3. The Morgan fingerprint density at radius 3 is 3.00 bits per heavy atom. The van der Waals surface area contributed by atoms with Crippen LogP contribution in [0, 0.1) is 12.8 Å². The van der Waals surface area contributed by atoms with Gasteiger partial charge in [0.05, 0.1) is 0 Å². The summed E-state index contributed by atoms with van der Waals surface area (Å²) in [5.74, 6) is -2.46. The van der Waals surface area contributed by atoms with E-state index in [0.29, 0.717) is 12.8 Å². The van der Waals surface area contributed by atoms with E-state index in [1.165, 1.54) is 0 Å². The fourth-order valence-corrected chi connectivity index (χ4v) is 2.85. The molecule has 1 aliphatic carbocycles. The summed E-state index contributed by atoms with van der Waals surface area (Å²) < 4.78 is 26.7. The highest BCUT2D eigenvalue weighted by Gasteiger charge is 2.36. The second kappa shape index (κ2) is 5.31. The minimum absolute atomic E-state index is 0.0139. The Bertz CT molecular complexity index is 407. The van der Waals surface area contributed by atoms with Crippen LogP contribution in [-0.4, -0.2) is 10.9 Å². The van der Waals surface area contributed by atoms with Gasteiger partial charge in [-0.25, -0.2) is 8.78 Å². The molecule has 1 saturated carbocycles. The summed E-state index contributed by atoms with van der Waals surface area (Å²) in [6, 6.07) is 3.60. The predicted molar refractivity (Wildman–Crippen MR) is 67.4 cm³/mol. The van der Waals surface area contributed by atoms with Gasteiger partial charge in [-0.1, -0.05) is 6.07 Å². The molecule has 0 bridgehead atoms. The van der Waals surface area contributed by atoms with E-state index in [2.05, 4.69) is 4.98 Å². The number of alkyl halides is 2. The van der Waals surface area contributed by atoms with Gasteiger partial charge in [0.15, 0.2) is 0 Å². The summed E-state index contributed by atoms with van der Waals surface area (Å²) in [6.07, 6.45) is 3.84. The highest BCUT2D eigenvalue weighted by atomic mass is 19.3. The molecule has 0 saturated heterocycles. The van der Waals surface area contributed by atoms with Gasteiger partial charge >= 0.3 is 0 Å². The average Bonchev–Trinajstić information content (AvgIpc) is 2.28. The molecule has 1 aliphatic rings. The number of aromatic nitrogens is 1. The first-order valence-corrected chi connectivity index (χ1v) is 6.53. The Labute approximate surface area is 107 Å². The second-order valence-corrected chi connectivity index (χ2v) is 5.34. The molecule has 0 aliphatic heterocycles. The van der Waals surface area contributed by atoms with Crippen molar-refractivity contribution in [3.63, 3.8) is 0 Å². The van der Waals surface area contributed by atoms with Crippen LogP contribution >= 0.6 is 0 Å². The van der Waals surface area contributed by atoms with Crippen molar-refractivity contribution < 1.29 is 8.78 Å². The summed E-state index contributed by atoms with van der Waals surface area (Å²) in [4.78, 5) is 4.19. The molecule has 18 heavy (non-hydrogen) atoms. The molecule has 0 spiro atoms. The van der Waals surface area contributed by atoms with Crippen LogP contribution in [0.1, 0.15) is 49.4 Å². The van der Waals surface area contributed by atoms with Crippen LogP contribution in [0.2, 0.25) is 0 Å². The molecule has 0 aromatic carbocycles. The topological polar surface area (TPSA) is 38.9 Å². The SMILES string of the molecule is Cc1ncccc1C(N)CC1CCCC(F)(F)C1. The zero-order valence-corrected chi connectivity index (χ0v) is 10.7. The van der Waals surface area contributed by atoms with Gasteiger partial charge in [-0.15, -0.1) is 0 Å². The first-order chi connectivity index (χ1) is 8.48. The number of aryl methyl sites for hydroxylation is 1. The zero-order valence-electron chi connectivity index (χ0n) is 10.7. The first kappa shape index (κ1) is 13.4. The van der Waals surface area contributed by atoms with E-state index in [4.69, 9.17) is 5.73 Å². The van der Waals surface area contributed by atoms with E-state index in [9.17, 15) is 8.78 Å². The minimum atomic E-state index is -2.49. The average molecular weight is 254 g/mol. The van der Waals surface area contributed by atoms with Gasteiger partial charge in [0.1, 0.15) is 0 Å². The van der Waals surface area contributed by atoms with Crippen molar-refractivity contribution in [2.24, 2.45) is 11.7 Å². The minimum Gasteiger partial charge on any atom is -0.324 e. The van der Waals surface area contributed by atoms with Gasteiger partial charge in [0.25, 0.3) is 0 Å². The van der Waals surface area contributed by atoms with Crippen molar-refractivity contribution in [1.82, 2.24) is 4.98 Å². The molecule has 2 atom stereocenters. The summed E-state index contributed by atoms with van der Waals surface area (Å²) in [5, 5.41) is 0. The lowest BCUT2D eigenvalue weighted by Gasteiger charge is -2.30. The van der Waals surface area contributed by atoms with Crippen LogP contribution < -0.4 is 5.73 Å². The number of pyridine rings is 1. The van der Waals surface area contributed by atoms with Crippen LogP contribution in [0.5, 0.6) is 0 Å². The van der Waals surface area contributed by atoms with Crippen LogP contribution in [0.4, 0.5) is 8.78 Å². The van der Waals surface area contributed by atoms with Gasteiger partial charge in [-0.3, -0.25) is 4.98 Å². The van der Waals surface area contributed by atoms with Gasteiger partial charge in [-0.05, 0) is 43.7 Å². The fourth-order valence-electron chi connectivity index (χ4n) is 2.85. The van der Waals surface area contributed by atoms with Gasteiger partial charge < -0.3 is 5.73 Å². The van der Waals surface area contributed by atoms with E-state index in [0.717, 1.165) is 17.7 Å². The third kappa shape index (κ3) is 3.25. The van der Waals surface area contributed by atoms with Crippen molar-refractivity contribution in [2.75, 3.05) is 0 Å². The van der Waals surface area contributed by atoms with E-state index >= 15 is 0 Å². The standard InChI is InChI=1S/C14H20F2N2/c1-10-12(5-3-7-18-10)13(17)8-11-4-2-6-14(15,16)9-11/h3,5,7,11,13H,2,4,6,8-9,17H2,1H3. The normalized spacial score (nSPS) is 24.8. The monoisotopic (exact) mass is 254 g/mol. The maximum Gasteiger partial charge on any atom is 0.248 e. The molecule has 0 radical (unpaired) electrons. The lowest BCUT2D eigenvalue weighted by Crippen LogP contribution is -2.28.